The van der Waals surface area contributed by atoms with Gasteiger partial charge in [-0.2, -0.15) is 0 Å². The molecule has 0 aromatic rings. The largest absolute Gasteiger partial charge is 0.395 e. The molecule has 3 nitrogen and oxygen atoms in total. The molecule has 1 aliphatic rings. The average molecular weight is 256 g/mol. The maximum absolute atomic E-state index is 9.78. The molecule has 108 valence electrons. The van der Waals surface area contributed by atoms with Gasteiger partial charge in [-0.1, -0.05) is 40.5 Å². The molecule has 1 fully saturated rings. The fraction of sp³-hybridized carbons (Fsp3) is 1.00. The molecule has 1 rings (SSSR count). The van der Waals surface area contributed by atoms with Gasteiger partial charge in [-0.25, -0.2) is 0 Å². The quantitative estimate of drug-likeness (QED) is 0.794. The third kappa shape index (κ3) is 3.94. The molecule has 3 unspecified atom stereocenters. The average Bonchev–Trinajstić information content (AvgIpc) is 2.31. The Labute approximate surface area is 113 Å². The first kappa shape index (κ1) is 15.9. The normalized spacial score (nSPS) is 26.0. The van der Waals surface area contributed by atoms with Crippen molar-refractivity contribution < 1.29 is 5.11 Å². The van der Waals surface area contributed by atoms with Gasteiger partial charge in [0.05, 0.1) is 6.61 Å². The van der Waals surface area contributed by atoms with Gasteiger partial charge in [0, 0.05) is 18.1 Å². The molecule has 0 radical (unpaired) electrons. The lowest BCUT2D eigenvalue weighted by atomic mass is 9.81. The van der Waals surface area contributed by atoms with Crippen LogP contribution in [-0.2, 0) is 0 Å². The van der Waals surface area contributed by atoms with Crippen molar-refractivity contribution in [3.8, 4) is 0 Å². The summed E-state index contributed by atoms with van der Waals surface area (Å²) in [5.74, 6) is 0. The molecule has 0 amide bonds. The first-order chi connectivity index (χ1) is 8.41. The van der Waals surface area contributed by atoms with E-state index in [-0.39, 0.29) is 24.1 Å². The summed E-state index contributed by atoms with van der Waals surface area (Å²) >= 11 is 0. The Bertz CT molecular complexity index is 235. The van der Waals surface area contributed by atoms with E-state index >= 15 is 0 Å². The number of rotatable bonds is 5. The van der Waals surface area contributed by atoms with E-state index in [0.29, 0.717) is 6.04 Å². The lowest BCUT2D eigenvalue weighted by molar-refractivity contribution is 0.0183. The maximum Gasteiger partial charge on any atom is 0.0602 e. The fourth-order valence-electron chi connectivity index (χ4n) is 3.10. The summed E-state index contributed by atoms with van der Waals surface area (Å²) in [6.07, 6.45) is 6.27. The van der Waals surface area contributed by atoms with Crippen molar-refractivity contribution in [3.63, 3.8) is 0 Å². The molecule has 3 heteroatoms. The summed E-state index contributed by atoms with van der Waals surface area (Å²) in [6, 6.07) is 0.760. The van der Waals surface area contributed by atoms with Crippen LogP contribution in [0.5, 0.6) is 0 Å². The number of nitrogens with zero attached hydrogens (tertiary/aromatic N) is 1. The second-order valence-electron chi connectivity index (χ2n) is 6.82. The summed E-state index contributed by atoms with van der Waals surface area (Å²) in [5.41, 5.74) is 6.44. The minimum Gasteiger partial charge on any atom is -0.395 e. The molecule has 3 atom stereocenters. The first-order valence-electron chi connectivity index (χ1n) is 7.54. The summed E-state index contributed by atoms with van der Waals surface area (Å²) in [5, 5.41) is 9.78. The smallest absolute Gasteiger partial charge is 0.0602 e. The van der Waals surface area contributed by atoms with Crippen LogP contribution in [-0.4, -0.2) is 41.3 Å². The van der Waals surface area contributed by atoms with Crippen molar-refractivity contribution in [2.45, 2.75) is 77.9 Å². The minimum absolute atomic E-state index is 0.0277. The van der Waals surface area contributed by atoms with Crippen LogP contribution in [0.3, 0.4) is 0 Å². The van der Waals surface area contributed by atoms with Gasteiger partial charge in [-0.15, -0.1) is 0 Å². The Morgan fingerprint density at radius 2 is 2.00 bits per heavy atom. The number of likely N-dealkylation sites (tertiary alicyclic amines) is 1. The molecule has 0 aromatic carbocycles. The summed E-state index contributed by atoms with van der Waals surface area (Å²) < 4.78 is 0. The molecule has 3 N–H and O–H groups in total. The highest BCUT2D eigenvalue weighted by Gasteiger charge is 2.36. The zero-order valence-corrected chi connectivity index (χ0v) is 12.7. The zero-order chi connectivity index (χ0) is 13.8. The summed E-state index contributed by atoms with van der Waals surface area (Å²) in [4.78, 5) is 2.49. The Kier molecular flexibility index (Phi) is 6.09. The van der Waals surface area contributed by atoms with Gasteiger partial charge in [0.15, 0.2) is 0 Å². The molecular weight excluding hydrogens is 224 g/mol. The van der Waals surface area contributed by atoms with Gasteiger partial charge >= 0.3 is 0 Å². The van der Waals surface area contributed by atoms with Gasteiger partial charge < -0.3 is 10.8 Å². The molecular formula is C15H32N2O. The van der Waals surface area contributed by atoms with E-state index in [2.05, 4.69) is 32.6 Å². The van der Waals surface area contributed by atoms with E-state index in [4.69, 9.17) is 5.73 Å². The van der Waals surface area contributed by atoms with Crippen molar-refractivity contribution in [2.75, 3.05) is 13.2 Å². The minimum atomic E-state index is 0.0277. The summed E-state index contributed by atoms with van der Waals surface area (Å²) in [6.45, 7) is 10.0. The highest BCUT2D eigenvalue weighted by atomic mass is 16.3. The number of aliphatic hydroxyl groups is 1. The number of aliphatic hydroxyl groups excluding tert-OH is 1. The Hall–Kier alpha value is -0.120. The van der Waals surface area contributed by atoms with E-state index in [1.54, 1.807) is 0 Å². The van der Waals surface area contributed by atoms with Crippen LogP contribution in [0.4, 0.5) is 0 Å². The molecule has 1 aliphatic heterocycles. The third-order valence-electron chi connectivity index (χ3n) is 4.32. The standard InChI is InChI=1S/C15H32N2O/c1-5-8-12-9-6-7-10-17(12)13(11-18)14(16)15(2,3)4/h12-14,18H,5-11,16H2,1-4H3. The van der Waals surface area contributed by atoms with Crippen LogP contribution >= 0.6 is 0 Å². The van der Waals surface area contributed by atoms with E-state index in [1.165, 1.54) is 32.1 Å². The lowest BCUT2D eigenvalue weighted by Gasteiger charge is -2.46. The van der Waals surface area contributed by atoms with Crippen molar-refractivity contribution in [3.05, 3.63) is 0 Å². The van der Waals surface area contributed by atoms with Gasteiger partial charge in [0.2, 0.25) is 0 Å². The molecule has 18 heavy (non-hydrogen) atoms. The SMILES string of the molecule is CCCC1CCCCN1C(CO)C(N)C(C)(C)C. The van der Waals surface area contributed by atoms with Crippen LogP contribution in [0.1, 0.15) is 59.8 Å². The van der Waals surface area contributed by atoms with Gasteiger partial charge in [-0.3, -0.25) is 4.90 Å². The fourth-order valence-corrected chi connectivity index (χ4v) is 3.10. The van der Waals surface area contributed by atoms with Crippen LogP contribution in [0.2, 0.25) is 0 Å². The monoisotopic (exact) mass is 256 g/mol. The van der Waals surface area contributed by atoms with Gasteiger partial charge in [-0.05, 0) is 31.2 Å². The summed E-state index contributed by atoms with van der Waals surface area (Å²) in [7, 11) is 0. The van der Waals surface area contributed by atoms with Crippen molar-refractivity contribution >= 4 is 0 Å². The second-order valence-corrected chi connectivity index (χ2v) is 6.82. The number of piperidine rings is 1. The lowest BCUT2D eigenvalue weighted by Crippen LogP contribution is -2.59. The zero-order valence-electron chi connectivity index (χ0n) is 12.7. The van der Waals surface area contributed by atoms with E-state index in [0.717, 1.165) is 6.54 Å². The van der Waals surface area contributed by atoms with E-state index in [1.807, 2.05) is 0 Å². The van der Waals surface area contributed by atoms with Crippen molar-refractivity contribution in [2.24, 2.45) is 11.1 Å². The molecule has 0 bridgehead atoms. The molecule has 0 aromatic heterocycles. The second kappa shape index (κ2) is 6.88. The predicted octanol–water partition coefficient (Wildman–Crippen LogP) is 2.38. The topological polar surface area (TPSA) is 49.5 Å². The van der Waals surface area contributed by atoms with Gasteiger partial charge in [0.1, 0.15) is 0 Å². The van der Waals surface area contributed by atoms with Crippen LogP contribution in [0, 0.1) is 5.41 Å². The van der Waals surface area contributed by atoms with Crippen LogP contribution < -0.4 is 5.73 Å². The number of nitrogens with two attached hydrogens (primary N) is 1. The molecule has 0 spiro atoms. The Balaban J connectivity index is 2.77. The molecule has 1 saturated heterocycles. The Morgan fingerprint density at radius 1 is 1.33 bits per heavy atom. The highest BCUT2D eigenvalue weighted by Crippen LogP contribution is 2.28. The Morgan fingerprint density at radius 3 is 2.50 bits per heavy atom. The molecule has 1 heterocycles. The highest BCUT2D eigenvalue weighted by molar-refractivity contribution is 4.93. The van der Waals surface area contributed by atoms with Crippen LogP contribution in [0.25, 0.3) is 0 Å². The van der Waals surface area contributed by atoms with Crippen molar-refractivity contribution in [1.29, 1.82) is 0 Å². The van der Waals surface area contributed by atoms with Crippen molar-refractivity contribution in [1.82, 2.24) is 4.90 Å². The third-order valence-corrected chi connectivity index (χ3v) is 4.32. The van der Waals surface area contributed by atoms with E-state index in [9.17, 15) is 5.11 Å². The van der Waals surface area contributed by atoms with Gasteiger partial charge in [0.25, 0.3) is 0 Å². The maximum atomic E-state index is 9.78. The number of hydrogen-bond acceptors (Lipinski definition) is 3. The van der Waals surface area contributed by atoms with Crippen LogP contribution in [0.15, 0.2) is 0 Å². The van der Waals surface area contributed by atoms with E-state index < -0.39 is 0 Å². The first-order valence-corrected chi connectivity index (χ1v) is 7.54. The predicted molar refractivity (Wildman–Crippen MR) is 77.6 cm³/mol. The number of hydrogen-bond donors (Lipinski definition) is 2. The molecule has 0 saturated carbocycles. The molecule has 0 aliphatic carbocycles.